The Kier molecular flexibility index (Phi) is 7.09. The van der Waals surface area contributed by atoms with Crippen LogP contribution >= 0.6 is 11.8 Å². The van der Waals surface area contributed by atoms with Crippen LogP contribution in [0.25, 0.3) is 0 Å². The van der Waals surface area contributed by atoms with E-state index in [1.807, 2.05) is 13.8 Å². The zero-order chi connectivity index (χ0) is 16.9. The van der Waals surface area contributed by atoms with Gasteiger partial charge in [-0.2, -0.15) is 0 Å². The highest BCUT2D eigenvalue weighted by Crippen LogP contribution is 2.20. The number of rotatable bonds is 6. The Morgan fingerprint density at radius 2 is 1.86 bits per heavy atom. The molecule has 22 heavy (non-hydrogen) atoms. The standard InChI is InChI=1S/C14H25ClN4O3/c1-8(2)11(17-12(20)9(3)18-15)14(22)19-7-5-6-10(19)13(21)16-4/h8-11,18H,5-7H2,1-4H3,(H,16,21)(H,17,20). The first-order valence-corrected chi connectivity index (χ1v) is 7.89. The number of amides is 3. The topological polar surface area (TPSA) is 90.5 Å². The highest BCUT2D eigenvalue weighted by Gasteiger charge is 2.38. The molecule has 0 saturated carbocycles. The van der Waals surface area contributed by atoms with Crippen LogP contribution in [-0.2, 0) is 14.4 Å². The van der Waals surface area contributed by atoms with Crippen molar-refractivity contribution in [2.45, 2.75) is 51.7 Å². The van der Waals surface area contributed by atoms with Crippen LogP contribution in [0.3, 0.4) is 0 Å². The summed E-state index contributed by atoms with van der Waals surface area (Å²) in [5.41, 5.74) is 0. The van der Waals surface area contributed by atoms with E-state index in [1.165, 1.54) is 0 Å². The van der Waals surface area contributed by atoms with Crippen molar-refractivity contribution >= 4 is 29.5 Å². The van der Waals surface area contributed by atoms with Crippen molar-refractivity contribution in [3.05, 3.63) is 0 Å². The van der Waals surface area contributed by atoms with Gasteiger partial charge in [0.05, 0.1) is 6.04 Å². The highest BCUT2D eigenvalue weighted by molar-refractivity contribution is 6.15. The Labute approximate surface area is 136 Å². The quantitative estimate of drug-likeness (QED) is 0.597. The van der Waals surface area contributed by atoms with E-state index in [0.29, 0.717) is 13.0 Å². The van der Waals surface area contributed by atoms with Gasteiger partial charge in [-0.1, -0.05) is 13.8 Å². The van der Waals surface area contributed by atoms with Crippen molar-refractivity contribution in [2.75, 3.05) is 13.6 Å². The van der Waals surface area contributed by atoms with Crippen LogP contribution in [0.15, 0.2) is 0 Å². The van der Waals surface area contributed by atoms with Gasteiger partial charge in [-0.05, 0) is 37.5 Å². The van der Waals surface area contributed by atoms with Gasteiger partial charge in [0.25, 0.3) is 0 Å². The van der Waals surface area contributed by atoms with Crippen molar-refractivity contribution in [1.82, 2.24) is 20.4 Å². The highest BCUT2D eigenvalue weighted by atomic mass is 35.5. The second-order valence-corrected chi connectivity index (χ2v) is 6.08. The molecule has 3 N–H and O–H groups in total. The molecule has 3 unspecified atom stereocenters. The number of nitrogens with zero attached hydrogens (tertiary/aromatic N) is 1. The molecule has 8 heteroatoms. The fourth-order valence-electron chi connectivity index (χ4n) is 2.49. The molecule has 0 bridgehead atoms. The third-order valence-electron chi connectivity index (χ3n) is 3.87. The van der Waals surface area contributed by atoms with Gasteiger partial charge >= 0.3 is 0 Å². The number of likely N-dealkylation sites (tertiary alicyclic amines) is 1. The SMILES string of the molecule is CNC(=O)C1CCCN1C(=O)C(NC(=O)C(C)NCl)C(C)C. The summed E-state index contributed by atoms with van der Waals surface area (Å²) in [5, 5.41) is 5.29. The zero-order valence-corrected chi connectivity index (χ0v) is 14.2. The molecule has 0 radical (unpaired) electrons. The lowest BCUT2D eigenvalue weighted by atomic mass is 10.0. The fraction of sp³-hybridized carbons (Fsp3) is 0.786. The molecule has 1 aliphatic heterocycles. The lowest BCUT2D eigenvalue weighted by Gasteiger charge is -2.30. The monoisotopic (exact) mass is 332 g/mol. The van der Waals surface area contributed by atoms with Gasteiger partial charge in [-0.15, -0.1) is 0 Å². The molecule has 126 valence electrons. The molecule has 7 nitrogen and oxygen atoms in total. The Morgan fingerprint density at radius 3 is 2.36 bits per heavy atom. The smallest absolute Gasteiger partial charge is 0.246 e. The maximum absolute atomic E-state index is 12.7. The predicted molar refractivity (Wildman–Crippen MR) is 84.0 cm³/mol. The summed E-state index contributed by atoms with van der Waals surface area (Å²) in [5.74, 6) is -0.839. The average molecular weight is 333 g/mol. The molecule has 0 aromatic rings. The Bertz CT molecular complexity index is 430. The molecular formula is C14H25ClN4O3. The number of halogens is 1. The van der Waals surface area contributed by atoms with Crippen LogP contribution in [0.2, 0.25) is 0 Å². The number of likely N-dealkylation sites (N-methyl/N-ethyl adjacent to an activating group) is 1. The van der Waals surface area contributed by atoms with Gasteiger partial charge in [0.1, 0.15) is 12.1 Å². The summed E-state index contributed by atoms with van der Waals surface area (Å²) in [4.78, 5) is 40.5. The van der Waals surface area contributed by atoms with Crippen molar-refractivity contribution in [1.29, 1.82) is 0 Å². The fourth-order valence-corrected chi connectivity index (χ4v) is 2.59. The van der Waals surface area contributed by atoms with Crippen LogP contribution in [0.4, 0.5) is 0 Å². The van der Waals surface area contributed by atoms with Gasteiger partial charge < -0.3 is 15.5 Å². The van der Waals surface area contributed by atoms with Crippen LogP contribution < -0.4 is 15.5 Å². The summed E-state index contributed by atoms with van der Waals surface area (Å²) in [6, 6.07) is -1.74. The molecule has 0 spiro atoms. The molecule has 1 heterocycles. The number of nitrogens with one attached hydrogen (secondary N) is 3. The molecule has 0 aromatic carbocycles. The number of hydrogen-bond acceptors (Lipinski definition) is 4. The van der Waals surface area contributed by atoms with Gasteiger partial charge in [0.15, 0.2) is 0 Å². The maximum Gasteiger partial charge on any atom is 0.246 e. The average Bonchev–Trinajstić information content (AvgIpc) is 2.99. The summed E-state index contributed by atoms with van der Waals surface area (Å²) in [7, 11) is 1.55. The molecule has 1 fully saturated rings. The van der Waals surface area contributed by atoms with E-state index in [4.69, 9.17) is 11.8 Å². The maximum atomic E-state index is 12.7. The van der Waals surface area contributed by atoms with E-state index in [2.05, 4.69) is 15.5 Å². The van der Waals surface area contributed by atoms with E-state index in [0.717, 1.165) is 6.42 Å². The third-order valence-corrected chi connectivity index (χ3v) is 4.20. The van der Waals surface area contributed by atoms with E-state index >= 15 is 0 Å². The Morgan fingerprint density at radius 1 is 1.23 bits per heavy atom. The molecule has 0 aliphatic carbocycles. The largest absolute Gasteiger partial charge is 0.357 e. The summed E-state index contributed by atoms with van der Waals surface area (Å²) in [6.07, 6.45) is 1.42. The van der Waals surface area contributed by atoms with Crippen molar-refractivity contribution < 1.29 is 14.4 Å². The Balaban J connectivity index is 2.85. The number of carbonyl (C=O) groups is 3. The number of hydrogen-bond donors (Lipinski definition) is 3. The van der Waals surface area contributed by atoms with E-state index in [9.17, 15) is 14.4 Å². The minimum Gasteiger partial charge on any atom is -0.357 e. The second kappa shape index (κ2) is 8.33. The first-order chi connectivity index (χ1) is 10.3. The number of carbonyl (C=O) groups excluding carboxylic acids is 3. The van der Waals surface area contributed by atoms with Crippen LogP contribution in [-0.4, -0.2) is 54.3 Å². The Hall–Kier alpha value is -1.34. The van der Waals surface area contributed by atoms with Crippen LogP contribution in [0, 0.1) is 5.92 Å². The minimum absolute atomic E-state index is 0.0927. The molecule has 3 atom stereocenters. The first-order valence-electron chi connectivity index (χ1n) is 7.52. The van der Waals surface area contributed by atoms with Crippen LogP contribution in [0.5, 0.6) is 0 Å². The van der Waals surface area contributed by atoms with Gasteiger partial charge in [0, 0.05) is 13.6 Å². The van der Waals surface area contributed by atoms with Crippen molar-refractivity contribution in [2.24, 2.45) is 5.92 Å². The third kappa shape index (κ3) is 4.33. The molecule has 0 aromatic heterocycles. The molecule has 1 aliphatic rings. The molecule has 1 saturated heterocycles. The molecular weight excluding hydrogens is 308 g/mol. The first kappa shape index (κ1) is 18.7. The second-order valence-electron chi connectivity index (χ2n) is 5.86. The predicted octanol–water partition coefficient (Wildman–Crippen LogP) is -0.00390. The molecule has 3 amide bonds. The van der Waals surface area contributed by atoms with E-state index in [-0.39, 0.29) is 23.6 Å². The minimum atomic E-state index is -0.676. The molecule has 1 rings (SSSR count). The van der Waals surface area contributed by atoms with E-state index in [1.54, 1.807) is 18.9 Å². The summed E-state index contributed by atoms with van der Waals surface area (Å²) in [6.45, 7) is 5.84. The van der Waals surface area contributed by atoms with Crippen molar-refractivity contribution in [3.8, 4) is 0 Å². The zero-order valence-electron chi connectivity index (χ0n) is 13.5. The lowest BCUT2D eigenvalue weighted by Crippen LogP contribution is -2.56. The van der Waals surface area contributed by atoms with Gasteiger partial charge in [0.2, 0.25) is 17.7 Å². The summed E-state index contributed by atoms with van der Waals surface area (Å²) < 4.78 is 0. The lowest BCUT2D eigenvalue weighted by molar-refractivity contribution is -0.142. The van der Waals surface area contributed by atoms with Crippen LogP contribution in [0.1, 0.15) is 33.6 Å². The van der Waals surface area contributed by atoms with Gasteiger partial charge in [-0.3, -0.25) is 14.4 Å². The van der Waals surface area contributed by atoms with Gasteiger partial charge in [-0.25, -0.2) is 4.84 Å². The van der Waals surface area contributed by atoms with Crippen molar-refractivity contribution in [3.63, 3.8) is 0 Å². The summed E-state index contributed by atoms with van der Waals surface area (Å²) >= 11 is 5.44. The van der Waals surface area contributed by atoms with E-state index < -0.39 is 18.1 Å². The normalized spacial score (nSPS) is 20.6.